The molecular weight excluding hydrogens is 354 g/mol. The summed E-state index contributed by atoms with van der Waals surface area (Å²) in [5, 5.41) is 2.63. The van der Waals surface area contributed by atoms with Gasteiger partial charge < -0.3 is 10.3 Å². The van der Waals surface area contributed by atoms with Gasteiger partial charge in [0, 0.05) is 17.8 Å². The second kappa shape index (κ2) is 7.74. The Morgan fingerprint density at radius 1 is 1.15 bits per heavy atom. The number of sulfonamides is 1. The number of carbonyl (C=O) groups excluding carboxylic acids is 1. The van der Waals surface area contributed by atoms with Gasteiger partial charge in [-0.1, -0.05) is 18.2 Å². The third-order valence-corrected chi connectivity index (χ3v) is 5.15. The van der Waals surface area contributed by atoms with Gasteiger partial charge in [-0.05, 0) is 44.0 Å². The number of aromatic amines is 1. The SMILES string of the molecule is Cc1cc(C)c(CNC(=O)CN(c2ccccc2C)S(C)(=O)=O)c(=O)[nH]1. The van der Waals surface area contributed by atoms with Gasteiger partial charge in [0.25, 0.3) is 5.56 Å². The lowest BCUT2D eigenvalue weighted by Crippen LogP contribution is -2.41. The zero-order chi connectivity index (χ0) is 19.5. The molecule has 2 N–H and O–H groups in total. The lowest BCUT2D eigenvalue weighted by atomic mass is 10.1. The summed E-state index contributed by atoms with van der Waals surface area (Å²) in [6.45, 7) is 5.03. The van der Waals surface area contributed by atoms with Crippen molar-refractivity contribution in [3.63, 3.8) is 0 Å². The first-order valence-corrected chi connectivity index (χ1v) is 9.94. The van der Waals surface area contributed by atoms with Crippen LogP contribution in [0.25, 0.3) is 0 Å². The number of nitrogens with one attached hydrogen (secondary N) is 2. The highest BCUT2D eigenvalue weighted by molar-refractivity contribution is 7.92. The van der Waals surface area contributed by atoms with Crippen molar-refractivity contribution in [1.82, 2.24) is 10.3 Å². The molecule has 1 heterocycles. The summed E-state index contributed by atoms with van der Waals surface area (Å²) in [5.41, 5.74) is 2.90. The summed E-state index contributed by atoms with van der Waals surface area (Å²) in [5.74, 6) is -0.488. The molecule has 2 aromatic rings. The molecule has 0 aliphatic carbocycles. The molecular formula is C18H23N3O4S. The summed E-state index contributed by atoms with van der Waals surface area (Å²) in [7, 11) is -3.64. The van der Waals surface area contributed by atoms with E-state index in [0.29, 0.717) is 11.3 Å². The molecule has 0 fully saturated rings. The predicted octanol–water partition coefficient (Wildman–Crippen LogP) is 1.38. The Labute approximate surface area is 153 Å². The summed E-state index contributed by atoms with van der Waals surface area (Å²) in [4.78, 5) is 27.0. The number of para-hydroxylation sites is 1. The number of rotatable bonds is 6. The molecule has 0 aliphatic rings. The molecule has 0 spiro atoms. The van der Waals surface area contributed by atoms with Crippen LogP contribution in [0, 0.1) is 20.8 Å². The molecule has 1 aromatic heterocycles. The Hall–Kier alpha value is -2.61. The van der Waals surface area contributed by atoms with Crippen LogP contribution in [0.3, 0.4) is 0 Å². The minimum Gasteiger partial charge on any atom is -0.350 e. The van der Waals surface area contributed by atoms with Crippen molar-refractivity contribution >= 4 is 21.6 Å². The van der Waals surface area contributed by atoms with E-state index < -0.39 is 15.9 Å². The van der Waals surface area contributed by atoms with Crippen LogP contribution in [0.1, 0.15) is 22.4 Å². The molecule has 0 bridgehead atoms. The van der Waals surface area contributed by atoms with Gasteiger partial charge in [0.1, 0.15) is 6.54 Å². The van der Waals surface area contributed by atoms with Gasteiger partial charge in [-0.3, -0.25) is 13.9 Å². The quantitative estimate of drug-likeness (QED) is 0.794. The Morgan fingerprint density at radius 2 is 1.81 bits per heavy atom. The Bertz CT molecular complexity index is 980. The molecule has 0 atom stereocenters. The van der Waals surface area contributed by atoms with Gasteiger partial charge >= 0.3 is 0 Å². The van der Waals surface area contributed by atoms with Gasteiger partial charge in [-0.2, -0.15) is 0 Å². The van der Waals surface area contributed by atoms with Crippen LogP contribution in [0.15, 0.2) is 35.1 Å². The largest absolute Gasteiger partial charge is 0.350 e. The third-order valence-electron chi connectivity index (χ3n) is 4.03. The predicted molar refractivity (Wildman–Crippen MR) is 102 cm³/mol. The topological polar surface area (TPSA) is 99.3 Å². The Balaban J connectivity index is 2.17. The summed E-state index contributed by atoms with van der Waals surface area (Å²) < 4.78 is 25.3. The average Bonchev–Trinajstić information content (AvgIpc) is 2.51. The second-order valence-electron chi connectivity index (χ2n) is 6.28. The van der Waals surface area contributed by atoms with Gasteiger partial charge in [-0.25, -0.2) is 8.42 Å². The number of hydrogen-bond donors (Lipinski definition) is 2. The van der Waals surface area contributed by atoms with Crippen LogP contribution in [0.4, 0.5) is 5.69 Å². The van der Waals surface area contributed by atoms with Gasteiger partial charge in [0.05, 0.1) is 11.9 Å². The molecule has 0 saturated heterocycles. The number of carbonyl (C=O) groups is 1. The van der Waals surface area contributed by atoms with E-state index in [2.05, 4.69) is 10.3 Å². The molecule has 8 heteroatoms. The molecule has 0 aliphatic heterocycles. The first-order valence-electron chi connectivity index (χ1n) is 8.09. The molecule has 2 rings (SSSR count). The number of anilines is 1. The summed E-state index contributed by atoms with van der Waals surface area (Å²) in [6, 6.07) is 8.76. The van der Waals surface area contributed by atoms with E-state index in [1.165, 1.54) is 0 Å². The maximum atomic E-state index is 12.3. The molecule has 0 radical (unpaired) electrons. The van der Waals surface area contributed by atoms with Gasteiger partial charge in [0.2, 0.25) is 15.9 Å². The van der Waals surface area contributed by atoms with Crippen molar-refractivity contribution in [2.45, 2.75) is 27.3 Å². The highest BCUT2D eigenvalue weighted by Crippen LogP contribution is 2.21. The summed E-state index contributed by atoms with van der Waals surface area (Å²) >= 11 is 0. The van der Waals surface area contributed by atoms with Gasteiger partial charge in [0.15, 0.2) is 0 Å². The molecule has 140 valence electrons. The fraction of sp³-hybridized carbons (Fsp3) is 0.333. The number of aromatic nitrogens is 1. The Kier molecular flexibility index (Phi) is 5.86. The molecule has 1 aromatic carbocycles. The zero-order valence-corrected chi connectivity index (χ0v) is 16.1. The maximum Gasteiger partial charge on any atom is 0.253 e. The van der Waals surface area contributed by atoms with Crippen molar-refractivity contribution in [3.8, 4) is 0 Å². The van der Waals surface area contributed by atoms with E-state index in [-0.39, 0.29) is 18.6 Å². The minimum atomic E-state index is -3.64. The molecule has 26 heavy (non-hydrogen) atoms. The number of pyridine rings is 1. The van der Waals surface area contributed by atoms with Gasteiger partial charge in [-0.15, -0.1) is 0 Å². The maximum absolute atomic E-state index is 12.3. The van der Waals surface area contributed by atoms with Crippen LogP contribution < -0.4 is 15.2 Å². The van der Waals surface area contributed by atoms with E-state index in [4.69, 9.17) is 0 Å². The normalized spacial score (nSPS) is 11.2. The third kappa shape index (κ3) is 4.72. The fourth-order valence-corrected chi connectivity index (χ4v) is 3.61. The second-order valence-corrected chi connectivity index (χ2v) is 8.18. The van der Waals surface area contributed by atoms with E-state index in [1.54, 1.807) is 45.0 Å². The lowest BCUT2D eigenvalue weighted by molar-refractivity contribution is -0.119. The van der Waals surface area contributed by atoms with Crippen molar-refractivity contribution < 1.29 is 13.2 Å². The number of benzene rings is 1. The molecule has 0 saturated carbocycles. The van der Waals surface area contributed by atoms with E-state index in [1.807, 2.05) is 6.07 Å². The van der Waals surface area contributed by atoms with Crippen LogP contribution >= 0.6 is 0 Å². The van der Waals surface area contributed by atoms with Crippen LogP contribution in [-0.2, 0) is 21.4 Å². The highest BCUT2D eigenvalue weighted by Gasteiger charge is 2.22. The van der Waals surface area contributed by atoms with Crippen molar-refractivity contribution in [2.75, 3.05) is 17.1 Å². The average molecular weight is 377 g/mol. The van der Waals surface area contributed by atoms with Crippen LogP contribution in [0.2, 0.25) is 0 Å². The monoisotopic (exact) mass is 377 g/mol. The number of hydrogen-bond acceptors (Lipinski definition) is 4. The lowest BCUT2D eigenvalue weighted by Gasteiger charge is -2.23. The van der Waals surface area contributed by atoms with E-state index >= 15 is 0 Å². The molecule has 0 unspecified atom stereocenters. The first-order chi connectivity index (χ1) is 12.1. The smallest absolute Gasteiger partial charge is 0.253 e. The van der Waals surface area contributed by atoms with Crippen molar-refractivity contribution in [1.29, 1.82) is 0 Å². The summed E-state index contributed by atoms with van der Waals surface area (Å²) in [6.07, 6.45) is 1.06. The number of aryl methyl sites for hydroxylation is 3. The Morgan fingerprint density at radius 3 is 2.38 bits per heavy atom. The van der Waals surface area contributed by atoms with E-state index in [9.17, 15) is 18.0 Å². The fourth-order valence-electron chi connectivity index (χ4n) is 2.70. The van der Waals surface area contributed by atoms with Crippen LogP contribution in [-0.4, -0.2) is 32.1 Å². The van der Waals surface area contributed by atoms with Crippen LogP contribution in [0.5, 0.6) is 0 Å². The number of nitrogens with zero attached hydrogens (tertiary/aromatic N) is 1. The minimum absolute atomic E-state index is 0.0334. The highest BCUT2D eigenvalue weighted by atomic mass is 32.2. The molecule has 7 nitrogen and oxygen atoms in total. The van der Waals surface area contributed by atoms with Crippen molar-refractivity contribution in [2.24, 2.45) is 0 Å². The zero-order valence-electron chi connectivity index (χ0n) is 15.3. The first kappa shape index (κ1) is 19.7. The number of amides is 1. The molecule has 1 amide bonds. The number of H-pyrrole nitrogens is 1. The van der Waals surface area contributed by atoms with E-state index in [0.717, 1.165) is 27.4 Å². The van der Waals surface area contributed by atoms with Crippen molar-refractivity contribution in [3.05, 3.63) is 63.1 Å². The standard InChI is InChI=1S/C18H23N3O4S/c1-12-7-5-6-8-16(12)21(26(4,24)25)11-17(22)19-10-15-13(2)9-14(3)20-18(15)23/h5-9H,10-11H2,1-4H3,(H,19,22)(H,20,23).